The van der Waals surface area contributed by atoms with Crippen LogP contribution in [0.1, 0.15) is 29.9 Å². The van der Waals surface area contributed by atoms with Crippen LogP contribution >= 0.6 is 23.2 Å². The highest BCUT2D eigenvalue weighted by Crippen LogP contribution is 2.24. The maximum absolute atomic E-state index is 11.9. The average molecular weight is 287 g/mol. The lowest BCUT2D eigenvalue weighted by atomic mass is 10.2. The van der Waals surface area contributed by atoms with E-state index in [9.17, 15) is 4.79 Å². The van der Waals surface area contributed by atoms with Gasteiger partial charge in [-0.3, -0.25) is 4.40 Å². The molecule has 0 aliphatic heterocycles. The van der Waals surface area contributed by atoms with Crippen LogP contribution in [0.5, 0.6) is 0 Å². The van der Waals surface area contributed by atoms with Crippen molar-refractivity contribution in [3.8, 4) is 0 Å². The molecular weight excluding hydrogens is 275 g/mol. The molecule has 6 heteroatoms. The van der Waals surface area contributed by atoms with Crippen molar-refractivity contribution in [1.29, 1.82) is 0 Å². The summed E-state index contributed by atoms with van der Waals surface area (Å²) < 4.78 is 6.66. The lowest BCUT2D eigenvalue weighted by molar-refractivity contribution is 0.0517. The molecule has 0 N–H and O–H groups in total. The molecule has 0 unspecified atom stereocenters. The minimum atomic E-state index is -0.380. The molecule has 2 heterocycles. The fourth-order valence-electron chi connectivity index (χ4n) is 1.80. The van der Waals surface area contributed by atoms with Crippen molar-refractivity contribution in [1.82, 2.24) is 9.38 Å². The van der Waals surface area contributed by atoms with Crippen LogP contribution < -0.4 is 0 Å². The standard InChI is InChI=1S/C12H12Cl2N2O2/c1-3-7-5-9-15-11(14)8(13)6-16(9)10(7)12(17)18-4-2/h5-6H,3-4H2,1-2H3. The SMILES string of the molecule is CCOC(=O)c1c(CC)cc2nc(Cl)c(Cl)cn12. The van der Waals surface area contributed by atoms with Crippen LogP contribution in [0.4, 0.5) is 0 Å². The number of rotatable bonds is 3. The highest BCUT2D eigenvalue weighted by molar-refractivity contribution is 6.41. The van der Waals surface area contributed by atoms with Gasteiger partial charge in [0.05, 0.1) is 11.6 Å². The Labute approximate surface area is 114 Å². The molecule has 96 valence electrons. The molecule has 2 rings (SSSR count). The van der Waals surface area contributed by atoms with Crippen LogP contribution in [0, 0.1) is 0 Å². The topological polar surface area (TPSA) is 43.6 Å². The van der Waals surface area contributed by atoms with Crippen molar-refractivity contribution < 1.29 is 9.53 Å². The summed E-state index contributed by atoms with van der Waals surface area (Å²) in [5.41, 5.74) is 1.91. The largest absolute Gasteiger partial charge is 0.461 e. The first-order valence-electron chi connectivity index (χ1n) is 5.61. The fourth-order valence-corrected chi connectivity index (χ4v) is 2.07. The molecule has 0 atom stereocenters. The maximum Gasteiger partial charge on any atom is 0.355 e. The molecule has 0 radical (unpaired) electrons. The minimum absolute atomic E-state index is 0.222. The van der Waals surface area contributed by atoms with Gasteiger partial charge in [-0.05, 0) is 25.0 Å². The fraction of sp³-hybridized carbons (Fsp3) is 0.333. The van der Waals surface area contributed by atoms with E-state index in [1.807, 2.05) is 13.0 Å². The summed E-state index contributed by atoms with van der Waals surface area (Å²) in [6.07, 6.45) is 2.28. The smallest absolute Gasteiger partial charge is 0.355 e. The van der Waals surface area contributed by atoms with E-state index in [4.69, 9.17) is 27.9 Å². The molecule has 0 saturated heterocycles. The normalized spacial score (nSPS) is 10.9. The van der Waals surface area contributed by atoms with Crippen LogP contribution in [-0.2, 0) is 11.2 Å². The second-order valence-electron chi connectivity index (χ2n) is 3.70. The number of hydrogen-bond donors (Lipinski definition) is 0. The first kappa shape index (κ1) is 13.2. The van der Waals surface area contributed by atoms with Gasteiger partial charge in [0.1, 0.15) is 11.3 Å². The van der Waals surface area contributed by atoms with Gasteiger partial charge in [0, 0.05) is 6.20 Å². The molecule has 0 aliphatic carbocycles. The first-order valence-corrected chi connectivity index (χ1v) is 6.37. The van der Waals surface area contributed by atoms with Crippen LogP contribution in [0.3, 0.4) is 0 Å². The van der Waals surface area contributed by atoms with Crippen LogP contribution in [0.25, 0.3) is 5.65 Å². The molecular formula is C12H12Cl2N2O2. The van der Waals surface area contributed by atoms with Gasteiger partial charge in [-0.15, -0.1) is 0 Å². The van der Waals surface area contributed by atoms with Crippen molar-refractivity contribution in [2.75, 3.05) is 6.61 Å². The van der Waals surface area contributed by atoms with Crippen molar-refractivity contribution in [3.05, 3.63) is 33.7 Å². The van der Waals surface area contributed by atoms with E-state index in [1.165, 1.54) is 0 Å². The number of nitrogens with zero attached hydrogens (tertiary/aromatic N) is 2. The van der Waals surface area contributed by atoms with Gasteiger partial charge in [-0.2, -0.15) is 0 Å². The van der Waals surface area contributed by atoms with Gasteiger partial charge in [0.25, 0.3) is 0 Å². The third kappa shape index (κ3) is 2.18. The molecule has 0 amide bonds. The van der Waals surface area contributed by atoms with Gasteiger partial charge in [-0.1, -0.05) is 30.1 Å². The van der Waals surface area contributed by atoms with Gasteiger partial charge in [-0.25, -0.2) is 9.78 Å². The van der Waals surface area contributed by atoms with Crippen molar-refractivity contribution in [2.24, 2.45) is 0 Å². The minimum Gasteiger partial charge on any atom is -0.461 e. The van der Waals surface area contributed by atoms with Gasteiger partial charge >= 0.3 is 5.97 Å². The maximum atomic E-state index is 11.9. The summed E-state index contributed by atoms with van der Waals surface area (Å²) in [4.78, 5) is 16.1. The van der Waals surface area contributed by atoms with Gasteiger partial charge in [0.2, 0.25) is 0 Å². The second-order valence-corrected chi connectivity index (χ2v) is 4.47. The molecule has 4 nitrogen and oxygen atoms in total. The molecule has 2 aromatic rings. The third-order valence-corrected chi connectivity index (χ3v) is 3.26. The quantitative estimate of drug-likeness (QED) is 0.642. The molecule has 2 aromatic heterocycles. The molecule has 0 saturated carbocycles. The van der Waals surface area contributed by atoms with Crippen molar-refractivity contribution in [3.63, 3.8) is 0 Å². The average Bonchev–Trinajstić information content (AvgIpc) is 2.68. The summed E-state index contributed by atoms with van der Waals surface area (Å²) in [5.74, 6) is -0.380. The monoisotopic (exact) mass is 286 g/mol. The van der Waals surface area contributed by atoms with E-state index < -0.39 is 0 Å². The zero-order chi connectivity index (χ0) is 13.3. The molecule has 0 spiro atoms. The van der Waals surface area contributed by atoms with E-state index in [0.29, 0.717) is 29.4 Å². The van der Waals surface area contributed by atoms with Crippen LogP contribution in [0.2, 0.25) is 10.2 Å². The summed E-state index contributed by atoms with van der Waals surface area (Å²) in [6, 6.07) is 1.81. The Morgan fingerprint density at radius 3 is 2.78 bits per heavy atom. The molecule has 0 aromatic carbocycles. The highest BCUT2D eigenvalue weighted by atomic mass is 35.5. The number of carbonyl (C=O) groups is 1. The lowest BCUT2D eigenvalue weighted by Gasteiger charge is -2.05. The van der Waals surface area contributed by atoms with Crippen LogP contribution in [-0.4, -0.2) is 22.0 Å². The predicted octanol–water partition coefficient (Wildman–Crippen LogP) is 3.38. The highest BCUT2D eigenvalue weighted by Gasteiger charge is 2.19. The Morgan fingerprint density at radius 2 is 2.17 bits per heavy atom. The first-order chi connectivity index (χ1) is 8.58. The molecule has 18 heavy (non-hydrogen) atoms. The Bertz CT molecular complexity index is 608. The predicted molar refractivity (Wildman–Crippen MR) is 70.5 cm³/mol. The van der Waals surface area contributed by atoms with Crippen molar-refractivity contribution in [2.45, 2.75) is 20.3 Å². The molecule has 0 aliphatic rings. The van der Waals surface area contributed by atoms with E-state index in [0.717, 1.165) is 5.56 Å². The number of esters is 1. The zero-order valence-corrected chi connectivity index (χ0v) is 11.5. The van der Waals surface area contributed by atoms with Crippen molar-refractivity contribution >= 4 is 34.8 Å². The second kappa shape index (κ2) is 5.16. The zero-order valence-electron chi connectivity index (χ0n) is 10.0. The van der Waals surface area contributed by atoms with Gasteiger partial charge in [0.15, 0.2) is 5.15 Å². The Kier molecular flexibility index (Phi) is 3.78. The number of halogens is 2. The Balaban J connectivity index is 2.68. The molecule has 0 bridgehead atoms. The summed E-state index contributed by atoms with van der Waals surface area (Å²) in [7, 11) is 0. The molecule has 0 fully saturated rings. The number of ether oxygens (including phenoxy) is 1. The third-order valence-electron chi connectivity index (χ3n) is 2.60. The number of aromatic nitrogens is 2. The summed E-state index contributed by atoms with van der Waals surface area (Å²) in [5, 5.41) is 0.521. The van der Waals surface area contributed by atoms with Crippen LogP contribution in [0.15, 0.2) is 12.3 Å². The Morgan fingerprint density at radius 1 is 1.44 bits per heavy atom. The summed E-state index contributed by atoms with van der Waals surface area (Å²) in [6.45, 7) is 4.05. The van der Waals surface area contributed by atoms with E-state index in [-0.39, 0.29) is 11.1 Å². The number of hydrogen-bond acceptors (Lipinski definition) is 3. The van der Waals surface area contributed by atoms with E-state index >= 15 is 0 Å². The Hall–Kier alpha value is -1.26. The number of carbonyl (C=O) groups excluding carboxylic acids is 1. The number of fused-ring (bicyclic) bond motifs is 1. The lowest BCUT2D eigenvalue weighted by Crippen LogP contribution is -2.10. The van der Waals surface area contributed by atoms with Gasteiger partial charge < -0.3 is 4.74 Å². The van der Waals surface area contributed by atoms with E-state index in [2.05, 4.69) is 4.98 Å². The summed E-state index contributed by atoms with van der Waals surface area (Å²) >= 11 is 11.8. The van der Waals surface area contributed by atoms with E-state index in [1.54, 1.807) is 17.5 Å². The number of aryl methyl sites for hydroxylation is 1.